The number of thiocarbonyl (C=S) groups is 2. The monoisotopic (exact) mass is 343 g/mol. The molecule has 1 atom stereocenters. The molecule has 0 aromatic heterocycles. The highest BCUT2D eigenvalue weighted by molar-refractivity contribution is 7.80. The molecular weight excluding hydrogens is 326 g/mol. The lowest BCUT2D eigenvalue weighted by molar-refractivity contribution is 0.569. The molecule has 118 valence electrons. The van der Waals surface area contributed by atoms with Crippen LogP contribution in [0.2, 0.25) is 0 Å². The van der Waals surface area contributed by atoms with Gasteiger partial charge in [0.1, 0.15) is 0 Å². The SMILES string of the molecule is CC(C#N)Cc1ccccc1C(O)=S.OC(=S)c1ccccc1. The first-order valence-electron chi connectivity index (χ1n) is 6.94. The number of aliphatic hydroxyl groups excluding tert-OH is 2. The predicted molar refractivity (Wildman–Crippen MR) is 100 cm³/mol. The predicted octanol–water partition coefficient (Wildman–Crippen LogP) is 4.54. The Kier molecular flexibility index (Phi) is 7.89. The minimum Gasteiger partial charge on any atom is -0.499 e. The molecule has 5 heteroatoms. The Morgan fingerprint density at radius 3 is 2.04 bits per heavy atom. The second kappa shape index (κ2) is 9.67. The van der Waals surface area contributed by atoms with Crippen molar-refractivity contribution in [3.8, 4) is 6.07 Å². The van der Waals surface area contributed by atoms with E-state index in [2.05, 4.69) is 18.3 Å². The maximum absolute atomic E-state index is 9.24. The smallest absolute Gasteiger partial charge is 0.188 e. The summed E-state index contributed by atoms with van der Waals surface area (Å²) < 4.78 is 0. The van der Waals surface area contributed by atoms with Crippen LogP contribution in [-0.4, -0.2) is 20.3 Å². The van der Waals surface area contributed by atoms with Crippen molar-refractivity contribution in [2.75, 3.05) is 0 Å². The number of aliphatic hydroxyl groups is 2. The molecule has 0 saturated carbocycles. The van der Waals surface area contributed by atoms with Crippen molar-refractivity contribution in [2.45, 2.75) is 13.3 Å². The number of nitrogens with zero attached hydrogens (tertiary/aromatic N) is 1. The van der Waals surface area contributed by atoms with Crippen LogP contribution in [0.4, 0.5) is 0 Å². The van der Waals surface area contributed by atoms with E-state index < -0.39 is 0 Å². The number of hydrogen-bond donors (Lipinski definition) is 2. The minimum absolute atomic E-state index is 0.0457. The third-order valence-corrected chi connectivity index (χ3v) is 3.47. The van der Waals surface area contributed by atoms with Crippen LogP contribution < -0.4 is 0 Å². The summed E-state index contributed by atoms with van der Waals surface area (Å²) in [5.74, 6) is -0.0644. The quantitative estimate of drug-likeness (QED) is 0.798. The molecule has 3 nitrogen and oxygen atoms in total. The molecule has 0 fully saturated rings. The van der Waals surface area contributed by atoms with E-state index in [4.69, 9.17) is 22.6 Å². The van der Waals surface area contributed by atoms with Gasteiger partial charge < -0.3 is 10.2 Å². The van der Waals surface area contributed by atoms with Gasteiger partial charge in [-0.3, -0.25) is 0 Å². The maximum Gasteiger partial charge on any atom is 0.188 e. The zero-order valence-electron chi connectivity index (χ0n) is 12.6. The van der Waals surface area contributed by atoms with Crippen LogP contribution in [-0.2, 0) is 6.42 Å². The van der Waals surface area contributed by atoms with Crippen LogP contribution in [0, 0.1) is 17.2 Å². The van der Waals surface area contributed by atoms with E-state index >= 15 is 0 Å². The van der Waals surface area contributed by atoms with Gasteiger partial charge in [-0.2, -0.15) is 5.26 Å². The molecule has 0 amide bonds. The fraction of sp³-hybridized carbons (Fsp3) is 0.167. The molecule has 0 spiro atoms. The molecule has 0 bridgehead atoms. The zero-order valence-corrected chi connectivity index (χ0v) is 14.3. The molecule has 0 aliphatic heterocycles. The van der Waals surface area contributed by atoms with Crippen molar-refractivity contribution >= 4 is 34.5 Å². The summed E-state index contributed by atoms with van der Waals surface area (Å²) in [6.07, 6.45) is 0.618. The van der Waals surface area contributed by atoms with Gasteiger partial charge in [-0.15, -0.1) is 0 Å². The second-order valence-electron chi connectivity index (χ2n) is 4.87. The highest BCUT2D eigenvalue weighted by Crippen LogP contribution is 2.14. The number of nitriles is 1. The molecule has 0 aliphatic rings. The van der Waals surface area contributed by atoms with Crippen molar-refractivity contribution in [1.29, 1.82) is 5.26 Å². The summed E-state index contributed by atoms with van der Waals surface area (Å²) in [4.78, 5) is 0. The third-order valence-electron chi connectivity index (χ3n) is 3.01. The van der Waals surface area contributed by atoms with E-state index in [9.17, 15) is 5.11 Å². The molecule has 0 aliphatic carbocycles. The molecule has 2 N–H and O–H groups in total. The van der Waals surface area contributed by atoms with Crippen molar-refractivity contribution in [3.63, 3.8) is 0 Å². The van der Waals surface area contributed by atoms with Gasteiger partial charge in [0.15, 0.2) is 10.1 Å². The lowest BCUT2D eigenvalue weighted by Gasteiger charge is -2.07. The van der Waals surface area contributed by atoms with Gasteiger partial charge in [-0.05, 0) is 43.3 Å². The lowest BCUT2D eigenvalue weighted by Crippen LogP contribution is -2.04. The van der Waals surface area contributed by atoms with E-state index in [0.717, 1.165) is 5.56 Å². The second-order valence-corrected chi connectivity index (χ2v) is 5.64. The van der Waals surface area contributed by atoms with Crippen molar-refractivity contribution in [1.82, 2.24) is 0 Å². The number of benzene rings is 2. The summed E-state index contributed by atoms with van der Waals surface area (Å²) in [6, 6.07) is 18.6. The topological polar surface area (TPSA) is 64.2 Å². The first-order chi connectivity index (χ1) is 11.0. The summed E-state index contributed by atoms with van der Waals surface area (Å²) in [7, 11) is 0. The molecule has 0 radical (unpaired) electrons. The molecular formula is C18H17NO2S2. The number of rotatable bonds is 4. The van der Waals surface area contributed by atoms with Gasteiger partial charge in [0.05, 0.1) is 6.07 Å². The van der Waals surface area contributed by atoms with Gasteiger partial charge in [0, 0.05) is 17.0 Å². The molecule has 2 aromatic rings. The van der Waals surface area contributed by atoms with Crippen molar-refractivity contribution in [3.05, 3.63) is 71.3 Å². The molecule has 23 heavy (non-hydrogen) atoms. The van der Waals surface area contributed by atoms with Crippen LogP contribution in [0.5, 0.6) is 0 Å². The Morgan fingerprint density at radius 2 is 1.57 bits per heavy atom. The zero-order chi connectivity index (χ0) is 17.2. The average molecular weight is 343 g/mol. The van der Waals surface area contributed by atoms with E-state index in [-0.39, 0.29) is 16.0 Å². The van der Waals surface area contributed by atoms with Gasteiger partial charge in [0.2, 0.25) is 0 Å². The largest absolute Gasteiger partial charge is 0.499 e. The number of hydrogen-bond acceptors (Lipinski definition) is 3. The van der Waals surface area contributed by atoms with Crippen LogP contribution in [0.15, 0.2) is 54.6 Å². The third kappa shape index (κ3) is 6.55. The summed E-state index contributed by atoms with van der Waals surface area (Å²) in [5, 5.41) is 26.5. The normalized spacial score (nSPS) is 10.6. The molecule has 2 rings (SSSR count). The Balaban J connectivity index is 0.000000253. The summed E-state index contributed by atoms with van der Waals surface area (Å²) >= 11 is 9.23. The van der Waals surface area contributed by atoms with E-state index in [1.165, 1.54) is 0 Å². The van der Waals surface area contributed by atoms with Crippen molar-refractivity contribution in [2.24, 2.45) is 5.92 Å². The van der Waals surface area contributed by atoms with E-state index in [1.807, 2.05) is 43.3 Å². The Hall–Kier alpha value is -2.29. The van der Waals surface area contributed by atoms with E-state index in [0.29, 0.717) is 17.5 Å². The molecule has 0 heterocycles. The highest BCUT2D eigenvalue weighted by atomic mass is 32.1. The Morgan fingerprint density at radius 1 is 1.00 bits per heavy atom. The van der Waals surface area contributed by atoms with Crippen LogP contribution in [0.25, 0.3) is 0 Å². The fourth-order valence-electron chi connectivity index (χ4n) is 1.86. The summed E-state index contributed by atoms with van der Waals surface area (Å²) in [5.41, 5.74) is 2.28. The Bertz CT molecular complexity index is 708. The van der Waals surface area contributed by atoms with Gasteiger partial charge in [-0.25, -0.2) is 0 Å². The maximum atomic E-state index is 9.24. The molecule has 2 aromatic carbocycles. The molecule has 1 unspecified atom stereocenters. The minimum atomic E-state index is -0.106. The van der Waals surface area contributed by atoms with Crippen LogP contribution >= 0.6 is 24.4 Å². The van der Waals surface area contributed by atoms with Gasteiger partial charge in [-0.1, -0.05) is 54.6 Å². The molecule has 0 saturated heterocycles. The first kappa shape index (κ1) is 18.8. The van der Waals surface area contributed by atoms with Gasteiger partial charge in [0.25, 0.3) is 0 Å². The fourth-order valence-corrected chi connectivity index (χ4v) is 2.20. The first-order valence-corrected chi connectivity index (χ1v) is 7.76. The lowest BCUT2D eigenvalue weighted by atomic mass is 9.98. The van der Waals surface area contributed by atoms with Crippen molar-refractivity contribution < 1.29 is 10.2 Å². The standard InChI is InChI=1S/C11H11NOS.C7H6OS/c1-8(7-12)6-9-4-2-3-5-10(9)11(13)14;8-7(9)6-4-2-1-3-5-6/h2-5,8H,6H2,1H3,(H,13,14);1-5H,(H,8,9). The average Bonchev–Trinajstić information content (AvgIpc) is 2.56. The van der Waals surface area contributed by atoms with E-state index in [1.54, 1.807) is 18.2 Å². The summed E-state index contributed by atoms with van der Waals surface area (Å²) in [6.45, 7) is 1.84. The highest BCUT2D eigenvalue weighted by Gasteiger charge is 2.08. The van der Waals surface area contributed by atoms with Crippen LogP contribution in [0.3, 0.4) is 0 Å². The Labute approximate surface area is 146 Å². The van der Waals surface area contributed by atoms with Crippen LogP contribution in [0.1, 0.15) is 23.6 Å². The van der Waals surface area contributed by atoms with Gasteiger partial charge >= 0.3 is 0 Å².